The zero-order valence-corrected chi connectivity index (χ0v) is 17.9. The van der Waals surface area contributed by atoms with Crippen LogP contribution in [-0.2, 0) is 21.6 Å². The van der Waals surface area contributed by atoms with Crippen molar-refractivity contribution in [3.63, 3.8) is 0 Å². The smallest absolute Gasteiger partial charge is 0.319 e. The molecule has 5 rings (SSSR count). The van der Waals surface area contributed by atoms with Gasteiger partial charge in [0, 0.05) is 30.7 Å². The number of anilines is 1. The van der Waals surface area contributed by atoms with E-state index in [0.717, 1.165) is 61.0 Å². The van der Waals surface area contributed by atoms with Crippen LogP contribution in [0.1, 0.15) is 49.8 Å². The molecule has 1 aromatic carbocycles. The number of methoxy groups -OCH3 is 1. The fourth-order valence-electron chi connectivity index (χ4n) is 5.23. The number of ether oxygens (including phenoxy) is 2. The Bertz CT molecular complexity index is 953. The third kappa shape index (κ3) is 3.47. The predicted molar refractivity (Wildman–Crippen MR) is 115 cm³/mol. The van der Waals surface area contributed by atoms with Crippen LogP contribution in [0.5, 0.6) is 0 Å². The number of carbonyl (C=O) groups excluding carboxylic acids is 1. The molecule has 7 nitrogen and oxygen atoms in total. The summed E-state index contributed by atoms with van der Waals surface area (Å²) in [6, 6.07) is 3.96. The van der Waals surface area contributed by atoms with Gasteiger partial charge in [-0.2, -0.15) is 0 Å². The molecule has 1 aromatic heterocycles. The lowest BCUT2D eigenvalue weighted by Crippen LogP contribution is -2.52. The number of fused-ring (bicyclic) bond motifs is 4. The van der Waals surface area contributed by atoms with Crippen molar-refractivity contribution in [3.8, 4) is 0 Å². The Morgan fingerprint density at radius 1 is 1.30 bits per heavy atom. The van der Waals surface area contributed by atoms with Gasteiger partial charge in [0.25, 0.3) is 0 Å². The molecule has 1 spiro atoms. The minimum absolute atomic E-state index is 0.0373. The maximum Gasteiger partial charge on any atom is 0.319 e. The summed E-state index contributed by atoms with van der Waals surface area (Å²) in [6.07, 6.45) is 6.07. The minimum Gasteiger partial charge on any atom is -0.459 e. The third-order valence-electron chi connectivity index (χ3n) is 6.73. The van der Waals surface area contributed by atoms with Crippen molar-refractivity contribution in [3.05, 3.63) is 28.5 Å². The Balaban J connectivity index is 1.49. The van der Waals surface area contributed by atoms with E-state index >= 15 is 0 Å². The molecular formula is C22H28ClN3O4. The van der Waals surface area contributed by atoms with Gasteiger partial charge in [0.1, 0.15) is 11.3 Å². The van der Waals surface area contributed by atoms with Crippen molar-refractivity contribution in [2.24, 2.45) is 0 Å². The summed E-state index contributed by atoms with van der Waals surface area (Å²) in [7, 11) is 1.72. The Labute approximate surface area is 180 Å². The normalized spacial score (nSPS) is 25.7. The molecule has 1 aliphatic carbocycles. The van der Waals surface area contributed by atoms with Crippen molar-refractivity contribution in [1.29, 1.82) is 0 Å². The topological polar surface area (TPSA) is 84.8 Å². The number of furan rings is 1. The van der Waals surface area contributed by atoms with Crippen LogP contribution in [-0.4, -0.2) is 38.5 Å². The Hall–Kier alpha value is -1.80. The summed E-state index contributed by atoms with van der Waals surface area (Å²) in [5.41, 5.74) is 2.09. The zero-order chi connectivity index (χ0) is 20.7. The first kappa shape index (κ1) is 20.1. The average Bonchev–Trinajstić information content (AvgIpc) is 3.15. The molecule has 162 valence electrons. The molecule has 1 saturated carbocycles. The quantitative estimate of drug-likeness (QED) is 0.670. The van der Waals surface area contributed by atoms with Crippen LogP contribution in [0.2, 0.25) is 5.02 Å². The molecule has 30 heavy (non-hydrogen) atoms. The number of nitrogens with one attached hydrogen (secondary N) is 3. The molecule has 3 aliphatic rings. The fraction of sp³-hybridized carbons (Fsp3) is 0.591. The van der Waals surface area contributed by atoms with Crippen molar-refractivity contribution in [2.75, 3.05) is 25.6 Å². The van der Waals surface area contributed by atoms with Crippen LogP contribution in [0, 0.1) is 0 Å². The van der Waals surface area contributed by atoms with E-state index in [4.69, 9.17) is 25.5 Å². The molecule has 2 aromatic rings. The van der Waals surface area contributed by atoms with Gasteiger partial charge in [-0.1, -0.05) is 30.9 Å². The summed E-state index contributed by atoms with van der Waals surface area (Å²) in [5, 5.41) is 11.2. The molecule has 1 saturated heterocycles. The molecule has 2 atom stereocenters. The molecule has 2 aliphatic heterocycles. The number of hydrogen-bond acceptors (Lipinski definition) is 5. The van der Waals surface area contributed by atoms with Gasteiger partial charge in [0.15, 0.2) is 0 Å². The summed E-state index contributed by atoms with van der Waals surface area (Å²) < 4.78 is 17.4. The summed E-state index contributed by atoms with van der Waals surface area (Å²) >= 11 is 6.60. The number of hydrogen-bond donors (Lipinski definition) is 3. The van der Waals surface area contributed by atoms with Crippen LogP contribution in [0.15, 0.2) is 16.5 Å². The van der Waals surface area contributed by atoms with Gasteiger partial charge in [0.2, 0.25) is 0 Å². The van der Waals surface area contributed by atoms with Gasteiger partial charge in [0.05, 0.1) is 35.5 Å². The molecule has 2 amide bonds. The van der Waals surface area contributed by atoms with Crippen LogP contribution in [0.3, 0.4) is 0 Å². The predicted octanol–water partition coefficient (Wildman–Crippen LogP) is 4.27. The van der Waals surface area contributed by atoms with E-state index in [-0.39, 0.29) is 18.2 Å². The van der Waals surface area contributed by atoms with E-state index in [1.165, 1.54) is 6.42 Å². The third-order valence-corrected chi connectivity index (χ3v) is 7.03. The van der Waals surface area contributed by atoms with Crippen LogP contribution in [0.4, 0.5) is 10.5 Å². The lowest BCUT2D eigenvalue weighted by Gasteiger charge is -2.42. The summed E-state index contributed by atoms with van der Waals surface area (Å²) in [6.45, 7) is 1.93. The maximum atomic E-state index is 12.4. The number of rotatable bonds is 4. The molecule has 0 unspecified atom stereocenters. The first-order valence-electron chi connectivity index (χ1n) is 10.8. The fourth-order valence-corrected chi connectivity index (χ4v) is 5.49. The highest BCUT2D eigenvalue weighted by molar-refractivity contribution is 6.35. The van der Waals surface area contributed by atoms with E-state index in [1.54, 1.807) is 7.11 Å². The van der Waals surface area contributed by atoms with Gasteiger partial charge >= 0.3 is 6.03 Å². The van der Waals surface area contributed by atoms with Gasteiger partial charge in [-0.05, 0) is 31.4 Å². The van der Waals surface area contributed by atoms with E-state index in [2.05, 4.69) is 16.0 Å². The second-order valence-corrected chi connectivity index (χ2v) is 8.99. The highest BCUT2D eigenvalue weighted by Gasteiger charge is 2.43. The first-order valence-corrected chi connectivity index (χ1v) is 11.2. The lowest BCUT2D eigenvalue weighted by atomic mass is 9.74. The molecule has 3 heterocycles. The largest absolute Gasteiger partial charge is 0.459 e. The maximum absolute atomic E-state index is 12.4. The van der Waals surface area contributed by atoms with Crippen molar-refractivity contribution in [2.45, 2.75) is 62.8 Å². The standard InChI is InChI=1S/C22H28ClN3O4/c1-28-17-12-29-8-5-16(17)24-11-14-9-13-10-15(23)19-18(20(13)30-14)22(26-21(27)25-19)6-3-2-4-7-22/h9-10,16-17,24H,2-8,11-12H2,1H3,(H2,25,26,27)/t16-,17+/m1/s1. The second kappa shape index (κ2) is 8.04. The van der Waals surface area contributed by atoms with Crippen molar-refractivity contribution in [1.82, 2.24) is 10.6 Å². The molecule has 2 fully saturated rings. The van der Waals surface area contributed by atoms with Gasteiger partial charge in [-0.25, -0.2) is 4.79 Å². The van der Waals surface area contributed by atoms with Gasteiger partial charge in [-0.3, -0.25) is 0 Å². The van der Waals surface area contributed by atoms with Gasteiger partial charge < -0.3 is 29.8 Å². The summed E-state index contributed by atoms with van der Waals surface area (Å²) in [5.74, 6) is 0.846. The first-order chi connectivity index (χ1) is 14.6. The Kier molecular flexibility index (Phi) is 5.39. The Morgan fingerprint density at radius 2 is 2.13 bits per heavy atom. The highest BCUT2D eigenvalue weighted by Crippen LogP contribution is 2.48. The number of halogens is 1. The minimum atomic E-state index is -0.413. The second-order valence-electron chi connectivity index (χ2n) is 8.59. The van der Waals surface area contributed by atoms with E-state index < -0.39 is 5.54 Å². The van der Waals surface area contributed by atoms with E-state index in [9.17, 15) is 4.79 Å². The van der Waals surface area contributed by atoms with E-state index in [1.807, 2.05) is 12.1 Å². The van der Waals surface area contributed by atoms with Crippen LogP contribution in [0.25, 0.3) is 11.0 Å². The lowest BCUT2D eigenvalue weighted by molar-refractivity contribution is -0.0504. The summed E-state index contributed by atoms with van der Waals surface area (Å²) in [4.78, 5) is 12.4. The molecule has 8 heteroatoms. The molecule has 3 N–H and O–H groups in total. The number of urea groups is 1. The van der Waals surface area contributed by atoms with Crippen molar-refractivity contribution >= 4 is 34.3 Å². The van der Waals surface area contributed by atoms with Crippen molar-refractivity contribution < 1.29 is 18.7 Å². The van der Waals surface area contributed by atoms with Crippen LogP contribution < -0.4 is 16.0 Å². The SMILES string of the molecule is CO[C@H]1COCC[C@H]1NCc1cc2cc(Cl)c3c(c2o1)C1(CCCCC1)NC(=O)N3. The number of amides is 2. The zero-order valence-electron chi connectivity index (χ0n) is 17.2. The van der Waals surface area contributed by atoms with Gasteiger partial charge in [-0.15, -0.1) is 0 Å². The van der Waals surface area contributed by atoms with Crippen LogP contribution >= 0.6 is 11.6 Å². The monoisotopic (exact) mass is 433 g/mol. The molecule has 0 bridgehead atoms. The number of benzene rings is 1. The molecular weight excluding hydrogens is 406 g/mol. The molecule has 0 radical (unpaired) electrons. The number of carbonyl (C=O) groups is 1. The average molecular weight is 434 g/mol. The Morgan fingerprint density at radius 3 is 2.93 bits per heavy atom. The highest BCUT2D eigenvalue weighted by atomic mass is 35.5. The van der Waals surface area contributed by atoms with E-state index in [0.29, 0.717) is 23.9 Å².